The molecule has 0 saturated heterocycles. The molecule has 0 aromatic heterocycles. The van der Waals surface area contributed by atoms with Crippen LogP contribution in [0, 0.1) is 23.2 Å². The Labute approximate surface area is 212 Å². The van der Waals surface area contributed by atoms with Gasteiger partial charge < -0.3 is 4.43 Å². The third-order valence-corrected chi connectivity index (χ3v) is 14.3. The summed E-state index contributed by atoms with van der Waals surface area (Å²) in [6.45, 7) is 11.5. The van der Waals surface area contributed by atoms with E-state index < -0.39 is 8.32 Å². The van der Waals surface area contributed by atoms with Crippen LogP contribution in [0.3, 0.4) is 0 Å². The summed E-state index contributed by atoms with van der Waals surface area (Å²) in [6.07, 6.45) is 10.7. The summed E-state index contributed by atoms with van der Waals surface area (Å²) in [6, 6.07) is 21.8. The van der Waals surface area contributed by atoms with Crippen molar-refractivity contribution in [1.29, 1.82) is 0 Å². The van der Waals surface area contributed by atoms with E-state index in [4.69, 9.17) is 4.43 Å². The molecule has 3 aliphatic rings. The monoisotopic (exact) mass is 484 g/mol. The molecular formula is C32H40O2Si. The van der Waals surface area contributed by atoms with Crippen molar-refractivity contribution in [3.8, 4) is 0 Å². The van der Waals surface area contributed by atoms with Crippen LogP contribution >= 0.6 is 0 Å². The number of Topliss-reactive ketones (excluding diaryl/α,β-unsaturated/α-hetero) is 1. The Morgan fingerprint density at radius 3 is 2.11 bits per heavy atom. The molecule has 0 radical (unpaired) electrons. The van der Waals surface area contributed by atoms with Gasteiger partial charge in [-0.05, 0) is 53.9 Å². The van der Waals surface area contributed by atoms with Gasteiger partial charge in [0.15, 0.2) is 0 Å². The largest absolute Gasteiger partial charge is 0.404 e. The molecule has 2 aromatic rings. The van der Waals surface area contributed by atoms with Crippen LogP contribution in [0.2, 0.25) is 5.04 Å². The molecule has 1 saturated carbocycles. The lowest BCUT2D eigenvalue weighted by Crippen LogP contribution is -2.68. The second-order valence-corrected chi connectivity index (χ2v) is 16.5. The average Bonchev–Trinajstić information content (AvgIpc) is 3.45. The van der Waals surface area contributed by atoms with Gasteiger partial charge in [-0.2, -0.15) is 0 Å². The van der Waals surface area contributed by atoms with Crippen LogP contribution < -0.4 is 10.4 Å². The fourth-order valence-corrected chi connectivity index (χ4v) is 12.0. The number of rotatable bonds is 4. The highest BCUT2D eigenvalue weighted by molar-refractivity contribution is 6.99. The fourth-order valence-electron chi connectivity index (χ4n) is 7.28. The first-order valence-electron chi connectivity index (χ1n) is 13.3. The molecule has 5 rings (SSSR count). The molecule has 2 aromatic carbocycles. The quantitative estimate of drug-likeness (QED) is 0.368. The van der Waals surface area contributed by atoms with Gasteiger partial charge in [-0.1, -0.05) is 112 Å². The Balaban J connectivity index is 1.60. The minimum atomic E-state index is -2.66. The van der Waals surface area contributed by atoms with Crippen LogP contribution in [-0.4, -0.2) is 20.2 Å². The minimum Gasteiger partial charge on any atom is -0.404 e. The van der Waals surface area contributed by atoms with Gasteiger partial charge in [0.25, 0.3) is 8.32 Å². The lowest BCUT2D eigenvalue weighted by atomic mass is 9.66. The van der Waals surface area contributed by atoms with Gasteiger partial charge in [-0.15, -0.1) is 0 Å². The Bertz CT molecular complexity index is 1090. The molecule has 0 heterocycles. The van der Waals surface area contributed by atoms with E-state index in [1.54, 1.807) is 0 Å². The minimum absolute atomic E-state index is 0.0629. The lowest BCUT2D eigenvalue weighted by Gasteiger charge is -2.46. The fraction of sp³-hybridized carbons (Fsp3) is 0.469. The number of allylic oxidation sites excluding steroid dienone is 4. The first-order chi connectivity index (χ1) is 16.7. The number of hydrogen-bond acceptors (Lipinski definition) is 2. The normalized spacial score (nSPS) is 30.9. The zero-order valence-electron chi connectivity index (χ0n) is 22.0. The molecule has 2 nitrogen and oxygen atoms in total. The van der Waals surface area contributed by atoms with Crippen LogP contribution in [-0.2, 0) is 9.22 Å². The zero-order chi connectivity index (χ0) is 24.8. The summed E-state index contributed by atoms with van der Waals surface area (Å²) in [5.41, 5.74) is 1.04. The number of carbonyl (C=O) groups is 1. The molecule has 0 spiro atoms. The van der Waals surface area contributed by atoms with Crippen molar-refractivity contribution in [3.05, 3.63) is 84.5 Å². The SMILES string of the molecule is CC1=CC[C@@H]2[C@@H](O[Si](c3ccccc3)(c3ccccc3)C(C)(C)C)CC[C@]2(C)C(=O)[C@@H]2CC=C[C@H]12. The summed E-state index contributed by atoms with van der Waals surface area (Å²) < 4.78 is 7.60. The van der Waals surface area contributed by atoms with Gasteiger partial charge in [-0.25, -0.2) is 0 Å². The Morgan fingerprint density at radius 2 is 1.54 bits per heavy atom. The second-order valence-electron chi connectivity index (χ2n) is 12.2. The maximum absolute atomic E-state index is 14.1. The number of hydrogen-bond donors (Lipinski definition) is 0. The van der Waals surface area contributed by atoms with Crippen LogP contribution in [0.15, 0.2) is 84.5 Å². The topological polar surface area (TPSA) is 26.3 Å². The third-order valence-electron chi connectivity index (χ3n) is 9.25. The van der Waals surface area contributed by atoms with E-state index in [-0.39, 0.29) is 34.3 Å². The second kappa shape index (κ2) is 9.01. The molecule has 1 fully saturated rings. The van der Waals surface area contributed by atoms with E-state index >= 15 is 0 Å². The standard InChI is InChI=1S/C32H40O2Si/c1-23-19-20-28-29(21-22-32(28,5)30(33)27-18-12-17-26(23)27)34-35(31(2,3)4,24-13-8-6-9-14-24)25-15-10-7-11-16-25/h6-17,19,26-29H,18,20-22H2,1-5H3/t26-,27-,28-,29+,32+/m1/s1. The van der Waals surface area contributed by atoms with Crippen LogP contribution in [0.4, 0.5) is 0 Å². The average molecular weight is 485 g/mol. The Kier molecular flexibility index (Phi) is 6.30. The van der Waals surface area contributed by atoms with E-state index in [2.05, 4.69) is 114 Å². The maximum Gasteiger partial charge on any atom is 0.261 e. The summed E-state index contributed by atoms with van der Waals surface area (Å²) in [5, 5.41) is 2.57. The third kappa shape index (κ3) is 3.92. The van der Waals surface area contributed by atoms with Crippen molar-refractivity contribution in [2.45, 2.75) is 71.4 Å². The number of ketones is 1. The van der Waals surface area contributed by atoms with Gasteiger partial charge in [-0.3, -0.25) is 4.79 Å². The van der Waals surface area contributed by atoms with Gasteiger partial charge in [0, 0.05) is 23.4 Å². The first kappa shape index (κ1) is 24.5. The summed E-state index contributed by atoms with van der Waals surface area (Å²) >= 11 is 0. The molecule has 3 aliphatic carbocycles. The highest BCUT2D eigenvalue weighted by atomic mass is 28.4. The van der Waals surface area contributed by atoms with Gasteiger partial charge in [0.1, 0.15) is 5.78 Å². The molecule has 0 unspecified atom stereocenters. The molecule has 5 atom stereocenters. The molecule has 184 valence electrons. The summed E-state index contributed by atoms with van der Waals surface area (Å²) in [4.78, 5) is 14.1. The smallest absolute Gasteiger partial charge is 0.261 e. The van der Waals surface area contributed by atoms with Crippen LogP contribution in [0.25, 0.3) is 0 Å². The lowest BCUT2D eigenvalue weighted by molar-refractivity contribution is -0.135. The predicted molar refractivity (Wildman–Crippen MR) is 147 cm³/mol. The van der Waals surface area contributed by atoms with E-state index in [1.165, 1.54) is 15.9 Å². The number of benzene rings is 2. The van der Waals surface area contributed by atoms with Crippen molar-refractivity contribution in [1.82, 2.24) is 0 Å². The number of fused-ring (bicyclic) bond motifs is 2. The molecule has 3 heteroatoms. The molecule has 0 bridgehead atoms. The summed E-state index contributed by atoms with van der Waals surface area (Å²) in [7, 11) is -2.66. The van der Waals surface area contributed by atoms with Gasteiger partial charge >= 0.3 is 0 Å². The first-order valence-corrected chi connectivity index (χ1v) is 15.3. The van der Waals surface area contributed by atoms with E-state index in [0.717, 1.165) is 25.7 Å². The van der Waals surface area contributed by atoms with Crippen LogP contribution in [0.5, 0.6) is 0 Å². The van der Waals surface area contributed by atoms with Gasteiger partial charge in [0.2, 0.25) is 0 Å². The Morgan fingerprint density at radius 1 is 0.943 bits per heavy atom. The number of carbonyl (C=O) groups excluding carboxylic acids is 1. The maximum atomic E-state index is 14.1. The molecule has 0 amide bonds. The van der Waals surface area contributed by atoms with Crippen molar-refractivity contribution in [2.75, 3.05) is 0 Å². The molecule has 35 heavy (non-hydrogen) atoms. The zero-order valence-corrected chi connectivity index (χ0v) is 23.0. The van der Waals surface area contributed by atoms with Crippen molar-refractivity contribution in [3.63, 3.8) is 0 Å². The van der Waals surface area contributed by atoms with Gasteiger partial charge in [0.05, 0.1) is 0 Å². The van der Waals surface area contributed by atoms with E-state index in [1.807, 2.05) is 0 Å². The van der Waals surface area contributed by atoms with Crippen molar-refractivity contribution >= 4 is 24.5 Å². The van der Waals surface area contributed by atoms with Crippen molar-refractivity contribution in [2.24, 2.45) is 23.2 Å². The summed E-state index contributed by atoms with van der Waals surface area (Å²) in [5.74, 6) is 1.08. The molecular weight excluding hydrogens is 444 g/mol. The van der Waals surface area contributed by atoms with E-state index in [9.17, 15) is 4.79 Å². The predicted octanol–water partition coefficient (Wildman–Crippen LogP) is 6.46. The Hall–Kier alpha value is -2.23. The highest BCUT2D eigenvalue weighted by Gasteiger charge is 2.58. The molecule has 0 aliphatic heterocycles. The molecule has 0 N–H and O–H groups in total. The van der Waals surface area contributed by atoms with Crippen LogP contribution in [0.1, 0.15) is 60.3 Å². The van der Waals surface area contributed by atoms with E-state index in [0.29, 0.717) is 5.78 Å². The highest BCUT2D eigenvalue weighted by Crippen LogP contribution is 2.54. The van der Waals surface area contributed by atoms with Crippen molar-refractivity contribution < 1.29 is 9.22 Å².